The van der Waals surface area contributed by atoms with Crippen molar-refractivity contribution in [2.75, 3.05) is 29.9 Å². The van der Waals surface area contributed by atoms with E-state index in [4.69, 9.17) is 0 Å². The van der Waals surface area contributed by atoms with Gasteiger partial charge in [-0.15, -0.1) is 11.3 Å². The first-order valence-corrected chi connectivity index (χ1v) is 13.8. The van der Waals surface area contributed by atoms with Crippen molar-refractivity contribution in [2.45, 2.75) is 51.9 Å². The van der Waals surface area contributed by atoms with Gasteiger partial charge in [-0.3, -0.25) is 4.79 Å². The number of aryl methyl sites for hydroxylation is 1. The minimum atomic E-state index is -5.09. The molecule has 12 heteroatoms. The van der Waals surface area contributed by atoms with Gasteiger partial charge in [-0.1, -0.05) is 13.0 Å². The number of nitriles is 1. The van der Waals surface area contributed by atoms with E-state index >= 15 is 0 Å². The molecule has 4 nitrogen and oxygen atoms in total. The molecule has 0 saturated carbocycles. The summed E-state index contributed by atoms with van der Waals surface area (Å²) >= 11 is 1.24. The summed E-state index contributed by atoms with van der Waals surface area (Å²) in [7, 11) is 1.34. The highest BCUT2D eigenvalue weighted by molar-refractivity contribution is 7.20. The molecule has 2 heterocycles. The number of nitrogens with zero attached hydrogens (tertiary/aromatic N) is 3. The Hall–Kier alpha value is -3.59. The molecule has 224 valence electrons. The second-order valence-corrected chi connectivity index (χ2v) is 12.2. The Morgan fingerprint density at radius 3 is 2.07 bits per heavy atom. The Bertz CT molecular complexity index is 1530. The third kappa shape index (κ3) is 5.84. The van der Waals surface area contributed by atoms with Crippen LogP contribution >= 0.6 is 11.3 Å². The van der Waals surface area contributed by atoms with Crippen molar-refractivity contribution >= 4 is 27.9 Å². The maximum atomic E-state index is 14.0. The summed E-state index contributed by atoms with van der Waals surface area (Å²) in [4.78, 5) is 17.6. The largest absolute Gasteiger partial charge is 0.416 e. The second-order valence-electron chi connectivity index (χ2n) is 11.2. The predicted octanol–water partition coefficient (Wildman–Crippen LogP) is 8.56. The maximum absolute atomic E-state index is 14.0. The summed E-state index contributed by atoms with van der Waals surface area (Å²) in [5.74, 6) is -0.967. The molecule has 1 amide bonds. The minimum Gasteiger partial charge on any atom is -0.362 e. The fraction of sp³-hybridized carbons (Fsp3) is 0.400. The molecule has 0 spiro atoms. The van der Waals surface area contributed by atoms with Gasteiger partial charge < -0.3 is 9.80 Å². The number of anilines is 2. The first kappa shape index (κ1) is 31.3. The van der Waals surface area contributed by atoms with Crippen LogP contribution in [0.1, 0.15) is 55.0 Å². The fourth-order valence-corrected chi connectivity index (χ4v) is 6.61. The molecule has 0 radical (unpaired) electrons. The number of thiophene rings is 1. The number of carbonyl (C=O) groups is 1. The lowest BCUT2D eigenvalue weighted by molar-refractivity contribution is -0.143. The van der Waals surface area contributed by atoms with Crippen molar-refractivity contribution in [3.8, 4) is 16.5 Å². The van der Waals surface area contributed by atoms with Crippen molar-refractivity contribution in [1.29, 1.82) is 5.26 Å². The molecule has 0 bridgehead atoms. The molecule has 1 saturated heterocycles. The number of likely N-dealkylation sites (N-methyl/N-ethyl adjacent to an activating group) is 1. The van der Waals surface area contributed by atoms with Crippen LogP contribution in [0.25, 0.3) is 10.4 Å². The van der Waals surface area contributed by atoms with Crippen LogP contribution in [0.15, 0.2) is 36.4 Å². The lowest BCUT2D eigenvalue weighted by Gasteiger charge is -2.31. The molecule has 1 fully saturated rings. The molecule has 1 atom stereocenters. The highest BCUT2D eigenvalue weighted by Gasteiger charge is 2.42. The summed E-state index contributed by atoms with van der Waals surface area (Å²) in [6.07, 6.45) is -9.29. The van der Waals surface area contributed by atoms with Crippen LogP contribution in [0.5, 0.6) is 0 Å². The number of hydrogen-bond donors (Lipinski definition) is 0. The number of rotatable bonds is 5. The third-order valence-electron chi connectivity index (χ3n) is 7.60. The molecule has 0 aliphatic carbocycles. The van der Waals surface area contributed by atoms with E-state index in [1.54, 1.807) is 6.92 Å². The molecule has 1 unspecified atom stereocenters. The first-order valence-electron chi connectivity index (χ1n) is 13.0. The van der Waals surface area contributed by atoms with Gasteiger partial charge in [-0.25, -0.2) is 4.39 Å². The molecule has 1 aliphatic rings. The lowest BCUT2D eigenvalue weighted by Crippen LogP contribution is -2.42. The quantitative estimate of drug-likeness (QED) is 0.272. The van der Waals surface area contributed by atoms with Crippen LogP contribution in [0.3, 0.4) is 0 Å². The zero-order valence-corrected chi connectivity index (χ0v) is 24.3. The van der Waals surface area contributed by atoms with E-state index in [1.807, 2.05) is 4.90 Å². The van der Waals surface area contributed by atoms with Crippen LogP contribution in [-0.4, -0.2) is 26.0 Å². The molecule has 4 rings (SSSR count). The number of halogens is 7. The lowest BCUT2D eigenvalue weighted by atomic mass is 9.81. The van der Waals surface area contributed by atoms with Gasteiger partial charge in [0, 0.05) is 20.1 Å². The van der Waals surface area contributed by atoms with E-state index in [-0.39, 0.29) is 17.3 Å². The van der Waals surface area contributed by atoms with Crippen molar-refractivity contribution in [1.82, 2.24) is 0 Å². The zero-order chi connectivity index (χ0) is 31.4. The van der Waals surface area contributed by atoms with Crippen LogP contribution < -0.4 is 9.80 Å². The average molecular weight is 612 g/mol. The van der Waals surface area contributed by atoms with E-state index in [0.717, 1.165) is 11.3 Å². The van der Waals surface area contributed by atoms with Crippen LogP contribution in [0.4, 0.5) is 41.4 Å². The van der Waals surface area contributed by atoms with Crippen molar-refractivity contribution in [2.24, 2.45) is 5.92 Å². The molecular formula is C30H28F7N3OS. The summed E-state index contributed by atoms with van der Waals surface area (Å²) in [6, 6.07) is 7.32. The number of amides is 1. The Morgan fingerprint density at radius 1 is 1.02 bits per heavy atom. The number of alkyl halides is 6. The van der Waals surface area contributed by atoms with E-state index < -0.39 is 46.2 Å². The van der Waals surface area contributed by atoms with E-state index in [1.165, 1.54) is 50.4 Å². The van der Waals surface area contributed by atoms with Crippen LogP contribution in [0, 0.1) is 30.0 Å². The highest BCUT2D eigenvalue weighted by Crippen LogP contribution is 2.50. The van der Waals surface area contributed by atoms with E-state index in [2.05, 4.69) is 13.0 Å². The number of hydrogen-bond acceptors (Lipinski definition) is 4. The topological polar surface area (TPSA) is 47.3 Å². The van der Waals surface area contributed by atoms with Gasteiger partial charge in [0.15, 0.2) is 0 Å². The van der Waals surface area contributed by atoms with Gasteiger partial charge in [0.05, 0.1) is 27.1 Å². The van der Waals surface area contributed by atoms with Crippen molar-refractivity contribution < 1.29 is 35.5 Å². The molecular weight excluding hydrogens is 583 g/mol. The monoisotopic (exact) mass is 611 g/mol. The molecule has 42 heavy (non-hydrogen) atoms. The Morgan fingerprint density at radius 2 is 1.60 bits per heavy atom. The Balaban J connectivity index is 1.90. The van der Waals surface area contributed by atoms with E-state index in [9.17, 15) is 40.8 Å². The van der Waals surface area contributed by atoms with Crippen molar-refractivity contribution in [3.63, 3.8) is 0 Å². The normalized spacial score (nSPS) is 16.1. The maximum Gasteiger partial charge on any atom is 0.416 e. The smallest absolute Gasteiger partial charge is 0.362 e. The number of benzene rings is 2. The second kappa shape index (κ2) is 10.9. The predicted molar refractivity (Wildman–Crippen MR) is 148 cm³/mol. The van der Waals surface area contributed by atoms with Gasteiger partial charge in [-0.05, 0) is 80.1 Å². The Labute approximate surface area is 243 Å². The van der Waals surface area contributed by atoms with Crippen molar-refractivity contribution in [3.05, 3.63) is 70.0 Å². The van der Waals surface area contributed by atoms with Gasteiger partial charge in [0.25, 0.3) is 0 Å². The summed E-state index contributed by atoms with van der Waals surface area (Å²) < 4.78 is 95.6. The number of carbonyl (C=O) groups excluding carboxylic acids is 1. The van der Waals surface area contributed by atoms with Crippen LogP contribution in [-0.2, 0) is 22.6 Å². The average Bonchev–Trinajstić information content (AvgIpc) is 3.49. The standard InChI is InChI=1S/C30H28F7N3OS/c1-16-8-9-40(15-16)26-23(14-38)24(25(42-26)22-7-6-21(31)10-17(22)2)39(5)27(41)28(3,4)18-11-19(29(32,33)34)13-20(12-18)30(35,36)37/h6-7,10-13,16H,8-9,15H2,1-5H3. The van der Waals surface area contributed by atoms with Gasteiger partial charge in [0.1, 0.15) is 22.5 Å². The molecule has 1 aliphatic heterocycles. The third-order valence-corrected chi connectivity index (χ3v) is 8.88. The van der Waals surface area contributed by atoms with E-state index in [0.29, 0.717) is 52.1 Å². The van der Waals surface area contributed by atoms with Crippen LogP contribution in [0.2, 0.25) is 0 Å². The summed E-state index contributed by atoms with van der Waals surface area (Å²) in [5.41, 5.74) is -4.04. The van der Waals surface area contributed by atoms with Gasteiger partial charge >= 0.3 is 12.4 Å². The molecule has 2 aromatic carbocycles. The highest BCUT2D eigenvalue weighted by atomic mass is 32.1. The zero-order valence-electron chi connectivity index (χ0n) is 23.5. The van der Waals surface area contributed by atoms with Gasteiger partial charge in [-0.2, -0.15) is 31.6 Å². The summed E-state index contributed by atoms with van der Waals surface area (Å²) in [6.45, 7) is 7.53. The van der Waals surface area contributed by atoms with Gasteiger partial charge in [0.2, 0.25) is 5.91 Å². The Kier molecular flexibility index (Phi) is 8.15. The fourth-order valence-electron chi connectivity index (χ4n) is 5.20. The minimum absolute atomic E-state index is 0.0131. The first-order chi connectivity index (χ1) is 19.4. The SMILES string of the molecule is Cc1cc(F)ccc1-c1sc(N2CCC(C)C2)c(C#N)c1N(C)C(=O)C(C)(C)c1cc(C(F)(F)F)cc(C(F)(F)F)c1. The molecule has 0 N–H and O–H groups in total. The molecule has 3 aromatic rings. The summed E-state index contributed by atoms with van der Waals surface area (Å²) in [5, 5.41) is 10.9. The molecule has 1 aromatic heterocycles.